The summed E-state index contributed by atoms with van der Waals surface area (Å²) < 4.78 is 6.18. The van der Waals surface area contributed by atoms with E-state index in [2.05, 4.69) is 47.2 Å². The molecule has 0 heterocycles. The first-order valence-electron chi connectivity index (χ1n) is 5.06. The highest BCUT2D eigenvalue weighted by Crippen LogP contribution is 2.37. The highest BCUT2D eigenvalue weighted by Gasteiger charge is 2.24. The van der Waals surface area contributed by atoms with Crippen LogP contribution in [0.3, 0.4) is 0 Å². The highest BCUT2D eigenvalue weighted by molar-refractivity contribution is 7.96. The van der Waals surface area contributed by atoms with Gasteiger partial charge in [-0.3, -0.25) is 0 Å². The van der Waals surface area contributed by atoms with Crippen molar-refractivity contribution in [3.05, 3.63) is 0 Å². The Morgan fingerprint density at radius 3 is 1.85 bits per heavy atom. The van der Waals surface area contributed by atoms with Crippen molar-refractivity contribution in [3.63, 3.8) is 0 Å². The lowest BCUT2D eigenvalue weighted by atomic mass is 10.1. The number of rotatable bonds is 6. The molecule has 0 bridgehead atoms. The van der Waals surface area contributed by atoms with Gasteiger partial charge in [0.05, 0.1) is 0 Å². The Balaban J connectivity index is 3.99. The second-order valence-corrected chi connectivity index (χ2v) is 6.67. The van der Waals surface area contributed by atoms with Gasteiger partial charge >= 0.3 is 0 Å². The monoisotopic (exact) mass is 224 g/mol. The molecule has 1 nitrogen and oxygen atoms in total. The standard InChI is InChI=1S/C10H24OS2/c1-6-9(4,5)13-11-10(12,7-2)8-3/h12H,6-8,13H2,1-5H3. The zero-order valence-electron chi connectivity index (χ0n) is 9.48. The van der Waals surface area contributed by atoms with Crippen LogP contribution in [0.4, 0.5) is 0 Å². The van der Waals surface area contributed by atoms with E-state index >= 15 is 0 Å². The zero-order valence-corrected chi connectivity index (χ0v) is 11.4. The molecule has 0 N–H and O–H groups in total. The predicted octanol–water partition coefficient (Wildman–Crippen LogP) is 3.75. The van der Waals surface area contributed by atoms with Crippen molar-refractivity contribution in [1.82, 2.24) is 0 Å². The Kier molecular flexibility index (Phi) is 5.80. The fourth-order valence-electron chi connectivity index (χ4n) is 0.700. The van der Waals surface area contributed by atoms with Gasteiger partial charge in [0.2, 0.25) is 0 Å². The Labute approximate surface area is 92.6 Å². The summed E-state index contributed by atoms with van der Waals surface area (Å²) in [5.41, 5.74) is 0. The van der Waals surface area contributed by atoms with Gasteiger partial charge in [-0.15, -0.1) is 12.6 Å². The fraction of sp³-hybridized carbons (Fsp3) is 1.00. The van der Waals surface area contributed by atoms with Gasteiger partial charge in [-0.05, 0) is 19.3 Å². The lowest BCUT2D eigenvalue weighted by molar-refractivity contribution is 0.189. The van der Waals surface area contributed by atoms with Gasteiger partial charge in [0, 0.05) is 4.75 Å². The summed E-state index contributed by atoms with van der Waals surface area (Å²) in [5, 5.41) is 0. The van der Waals surface area contributed by atoms with Crippen LogP contribution >= 0.6 is 24.7 Å². The minimum absolute atomic E-state index is 0.203. The molecule has 0 atom stereocenters. The zero-order chi connectivity index (χ0) is 10.5. The van der Waals surface area contributed by atoms with Crippen LogP contribution in [0.1, 0.15) is 53.9 Å². The van der Waals surface area contributed by atoms with Crippen LogP contribution in [-0.2, 0) is 4.18 Å². The largest absolute Gasteiger partial charge is 0.325 e. The third-order valence-corrected chi connectivity index (χ3v) is 4.80. The molecule has 0 radical (unpaired) electrons. The van der Waals surface area contributed by atoms with Gasteiger partial charge in [0.1, 0.15) is 4.93 Å². The molecule has 0 aromatic carbocycles. The van der Waals surface area contributed by atoms with Crippen LogP contribution in [0.2, 0.25) is 0 Å². The molecule has 0 aromatic heterocycles. The maximum atomic E-state index is 5.88. The molecule has 82 valence electrons. The van der Waals surface area contributed by atoms with Crippen molar-refractivity contribution in [2.75, 3.05) is 0 Å². The summed E-state index contributed by atoms with van der Waals surface area (Å²) in [6, 6.07) is 0. The molecule has 0 aromatic rings. The molecule has 0 rings (SSSR count). The molecule has 0 saturated heterocycles. The molecule has 0 aliphatic rings. The number of hydrogen-bond acceptors (Lipinski definition) is 2. The van der Waals surface area contributed by atoms with Gasteiger partial charge in [-0.25, -0.2) is 0 Å². The second kappa shape index (κ2) is 5.52. The molecule has 13 heavy (non-hydrogen) atoms. The summed E-state index contributed by atoms with van der Waals surface area (Å²) in [5.74, 6) is 0. The topological polar surface area (TPSA) is 9.23 Å². The quantitative estimate of drug-likeness (QED) is 0.534. The highest BCUT2D eigenvalue weighted by atomic mass is 32.2. The lowest BCUT2D eigenvalue weighted by Gasteiger charge is -2.33. The van der Waals surface area contributed by atoms with Crippen molar-refractivity contribution >= 4 is 24.7 Å². The van der Waals surface area contributed by atoms with E-state index in [1.54, 1.807) is 0 Å². The van der Waals surface area contributed by atoms with Crippen molar-refractivity contribution in [2.45, 2.75) is 63.6 Å². The molecular weight excluding hydrogens is 200 g/mol. The molecule has 0 unspecified atom stereocenters. The van der Waals surface area contributed by atoms with Gasteiger partial charge in [0.25, 0.3) is 0 Å². The van der Waals surface area contributed by atoms with Crippen LogP contribution < -0.4 is 0 Å². The predicted molar refractivity (Wildman–Crippen MR) is 68.1 cm³/mol. The third kappa shape index (κ3) is 5.18. The SMILES string of the molecule is CCC(S)(CC)O[SH2]C(C)(C)CC. The minimum atomic E-state index is -0.203. The van der Waals surface area contributed by atoms with Gasteiger partial charge in [-0.1, -0.05) is 34.6 Å². The van der Waals surface area contributed by atoms with Gasteiger partial charge in [0.15, 0.2) is 0 Å². The fourth-order valence-corrected chi connectivity index (χ4v) is 1.74. The van der Waals surface area contributed by atoms with E-state index in [9.17, 15) is 0 Å². The van der Waals surface area contributed by atoms with E-state index in [4.69, 9.17) is 4.18 Å². The molecule has 0 spiro atoms. The van der Waals surface area contributed by atoms with Crippen LogP contribution in [0.5, 0.6) is 0 Å². The molecule has 0 saturated carbocycles. The van der Waals surface area contributed by atoms with Gasteiger partial charge in [-0.2, -0.15) is 12.0 Å². The third-order valence-electron chi connectivity index (χ3n) is 2.51. The van der Waals surface area contributed by atoms with Gasteiger partial charge < -0.3 is 4.18 Å². The van der Waals surface area contributed by atoms with Crippen molar-refractivity contribution < 1.29 is 4.18 Å². The lowest BCUT2D eigenvalue weighted by Crippen LogP contribution is -2.24. The molecule has 0 aliphatic heterocycles. The summed E-state index contributed by atoms with van der Waals surface area (Å²) in [7, 11) is 0. The summed E-state index contributed by atoms with van der Waals surface area (Å²) >= 11 is 5.10. The van der Waals surface area contributed by atoms with E-state index < -0.39 is 0 Å². The first kappa shape index (κ1) is 13.7. The van der Waals surface area contributed by atoms with E-state index in [0.717, 1.165) is 19.3 Å². The summed E-state index contributed by atoms with van der Waals surface area (Å²) in [6.45, 7) is 10.9. The maximum Gasteiger partial charge on any atom is 0.122 e. The van der Waals surface area contributed by atoms with Crippen LogP contribution in [0.25, 0.3) is 0 Å². The molecule has 3 heteroatoms. The second-order valence-electron chi connectivity index (χ2n) is 4.09. The smallest absolute Gasteiger partial charge is 0.122 e. The van der Waals surface area contributed by atoms with E-state index in [0.29, 0.717) is 16.8 Å². The van der Waals surface area contributed by atoms with Crippen LogP contribution in [-0.4, -0.2) is 9.68 Å². The Morgan fingerprint density at radius 1 is 1.08 bits per heavy atom. The average molecular weight is 224 g/mol. The normalized spacial score (nSPS) is 14.9. The van der Waals surface area contributed by atoms with E-state index in [-0.39, 0.29) is 4.93 Å². The van der Waals surface area contributed by atoms with Crippen molar-refractivity contribution in [1.29, 1.82) is 0 Å². The Hall–Kier alpha value is 0.660. The molecule has 0 fully saturated rings. The van der Waals surface area contributed by atoms with Crippen LogP contribution in [0, 0.1) is 0 Å². The summed E-state index contributed by atoms with van der Waals surface area (Å²) in [6.07, 6.45) is 3.10. The minimum Gasteiger partial charge on any atom is -0.325 e. The molecule has 0 amide bonds. The Morgan fingerprint density at radius 2 is 1.54 bits per heavy atom. The molecular formula is C10H24OS2. The van der Waals surface area contributed by atoms with E-state index in [1.165, 1.54) is 0 Å². The van der Waals surface area contributed by atoms with Crippen molar-refractivity contribution in [2.24, 2.45) is 0 Å². The van der Waals surface area contributed by atoms with E-state index in [1.807, 2.05) is 0 Å². The number of hydrogen-bond donors (Lipinski definition) is 1. The summed E-state index contributed by atoms with van der Waals surface area (Å²) in [4.78, 5) is -0.203. The number of thiol groups is 1. The maximum absolute atomic E-state index is 5.88. The molecule has 0 aliphatic carbocycles. The first-order chi connectivity index (χ1) is 5.89. The first-order valence-corrected chi connectivity index (χ1v) is 6.42. The van der Waals surface area contributed by atoms with Crippen molar-refractivity contribution in [3.8, 4) is 0 Å². The Bertz CT molecular complexity index is 142. The average Bonchev–Trinajstić information content (AvgIpc) is 2.14. The van der Waals surface area contributed by atoms with Crippen LogP contribution in [0.15, 0.2) is 0 Å².